The lowest BCUT2D eigenvalue weighted by Gasteiger charge is -2.08. The molecule has 2 nitrogen and oxygen atoms in total. The zero-order chi connectivity index (χ0) is 11.2. The van der Waals surface area contributed by atoms with Crippen LogP contribution in [0.25, 0.3) is 0 Å². The van der Waals surface area contributed by atoms with Gasteiger partial charge in [-0.05, 0) is 50.2 Å². The molecule has 1 aromatic carbocycles. The number of methoxy groups -OCH3 is 1. The molecular weight excluding hydrogens is 198 g/mol. The Labute approximate surface area is 97.2 Å². The molecule has 1 aliphatic rings. The number of hydrogen-bond donors (Lipinski definition) is 0. The molecule has 1 saturated heterocycles. The highest BCUT2D eigenvalue weighted by molar-refractivity contribution is 5.38. The number of hydrogen-bond acceptors (Lipinski definition) is 2. The molecule has 0 radical (unpaired) electrons. The van der Waals surface area contributed by atoms with Crippen LogP contribution in [0.4, 0.5) is 0 Å². The van der Waals surface area contributed by atoms with Crippen molar-refractivity contribution in [2.24, 2.45) is 0 Å². The fraction of sp³-hybridized carbons (Fsp3) is 0.429. The molecule has 16 heavy (non-hydrogen) atoms. The smallest absolute Gasteiger partial charge is 0.118 e. The Balaban J connectivity index is 1.89. The summed E-state index contributed by atoms with van der Waals surface area (Å²) in [5.74, 6) is 7.27. The predicted molar refractivity (Wildman–Crippen MR) is 65.5 cm³/mol. The van der Waals surface area contributed by atoms with E-state index in [1.807, 2.05) is 24.3 Å². The van der Waals surface area contributed by atoms with Crippen LogP contribution in [0.15, 0.2) is 24.3 Å². The van der Waals surface area contributed by atoms with E-state index in [0.717, 1.165) is 17.9 Å². The second-order valence-corrected chi connectivity index (χ2v) is 4.01. The lowest BCUT2D eigenvalue weighted by atomic mass is 10.2. The molecule has 2 rings (SSSR count). The van der Waals surface area contributed by atoms with Crippen LogP contribution in [0.5, 0.6) is 5.75 Å². The molecule has 1 fully saturated rings. The average molecular weight is 215 g/mol. The molecule has 1 aromatic rings. The van der Waals surface area contributed by atoms with Crippen LogP contribution in [0.3, 0.4) is 0 Å². The van der Waals surface area contributed by atoms with Gasteiger partial charge in [0.05, 0.1) is 13.7 Å². The van der Waals surface area contributed by atoms with E-state index < -0.39 is 0 Å². The summed E-state index contributed by atoms with van der Waals surface area (Å²) >= 11 is 0. The first-order valence-electron chi connectivity index (χ1n) is 5.74. The van der Waals surface area contributed by atoms with Gasteiger partial charge < -0.3 is 4.74 Å². The van der Waals surface area contributed by atoms with E-state index >= 15 is 0 Å². The average Bonchev–Trinajstić information content (AvgIpc) is 2.83. The van der Waals surface area contributed by atoms with Gasteiger partial charge in [0.1, 0.15) is 5.75 Å². The summed E-state index contributed by atoms with van der Waals surface area (Å²) in [7, 11) is 1.67. The van der Waals surface area contributed by atoms with Crippen LogP contribution in [0, 0.1) is 11.8 Å². The van der Waals surface area contributed by atoms with E-state index in [2.05, 4.69) is 16.7 Å². The molecule has 84 valence electrons. The van der Waals surface area contributed by atoms with Gasteiger partial charge in [-0.3, -0.25) is 4.90 Å². The normalized spacial score (nSPS) is 15.6. The molecule has 0 aromatic heterocycles. The van der Waals surface area contributed by atoms with Gasteiger partial charge in [-0.15, -0.1) is 0 Å². The predicted octanol–water partition coefficient (Wildman–Crippen LogP) is 2.14. The standard InChI is InChI=1S/C14H17NO/c1-16-14-8-6-13(7-9-14)5-4-12-15-10-2-3-11-15/h6-9H,2-3,10-12H2,1H3. The monoisotopic (exact) mass is 215 g/mol. The van der Waals surface area contributed by atoms with Crippen LogP contribution in [-0.2, 0) is 0 Å². The van der Waals surface area contributed by atoms with E-state index in [4.69, 9.17) is 4.74 Å². The van der Waals surface area contributed by atoms with Gasteiger partial charge in [-0.2, -0.15) is 0 Å². The maximum atomic E-state index is 5.10. The number of rotatable bonds is 2. The summed E-state index contributed by atoms with van der Waals surface area (Å²) in [5.41, 5.74) is 1.06. The number of likely N-dealkylation sites (tertiary alicyclic amines) is 1. The quantitative estimate of drug-likeness (QED) is 0.701. The molecule has 0 unspecified atom stereocenters. The lowest BCUT2D eigenvalue weighted by molar-refractivity contribution is 0.383. The lowest BCUT2D eigenvalue weighted by Crippen LogP contribution is -2.18. The first-order chi connectivity index (χ1) is 7.88. The minimum atomic E-state index is 0.880. The van der Waals surface area contributed by atoms with Gasteiger partial charge in [0.2, 0.25) is 0 Å². The molecule has 0 aliphatic carbocycles. The molecule has 0 N–H and O–H groups in total. The zero-order valence-corrected chi connectivity index (χ0v) is 9.70. The van der Waals surface area contributed by atoms with Gasteiger partial charge in [-0.25, -0.2) is 0 Å². The van der Waals surface area contributed by atoms with Crippen LogP contribution in [-0.4, -0.2) is 31.6 Å². The van der Waals surface area contributed by atoms with Crippen molar-refractivity contribution >= 4 is 0 Å². The summed E-state index contributed by atoms with van der Waals surface area (Å²) in [6, 6.07) is 7.88. The summed E-state index contributed by atoms with van der Waals surface area (Å²) in [6.45, 7) is 3.31. The molecule has 0 amide bonds. The fourth-order valence-electron chi connectivity index (χ4n) is 1.87. The van der Waals surface area contributed by atoms with Gasteiger partial charge >= 0.3 is 0 Å². The maximum Gasteiger partial charge on any atom is 0.118 e. The van der Waals surface area contributed by atoms with Crippen molar-refractivity contribution in [3.05, 3.63) is 29.8 Å². The number of nitrogens with zero attached hydrogens (tertiary/aromatic N) is 1. The molecule has 0 saturated carbocycles. The van der Waals surface area contributed by atoms with E-state index in [1.54, 1.807) is 7.11 Å². The molecule has 2 heteroatoms. The molecule has 0 atom stereocenters. The number of benzene rings is 1. The maximum absolute atomic E-state index is 5.10. The van der Waals surface area contributed by atoms with Crippen molar-refractivity contribution in [1.82, 2.24) is 4.90 Å². The zero-order valence-electron chi connectivity index (χ0n) is 9.70. The third-order valence-electron chi connectivity index (χ3n) is 2.82. The van der Waals surface area contributed by atoms with E-state index in [-0.39, 0.29) is 0 Å². The van der Waals surface area contributed by atoms with Crippen molar-refractivity contribution in [2.45, 2.75) is 12.8 Å². The van der Waals surface area contributed by atoms with Gasteiger partial charge in [-0.1, -0.05) is 11.8 Å². The minimum absolute atomic E-state index is 0.880. The van der Waals surface area contributed by atoms with E-state index in [0.29, 0.717) is 0 Å². The molecule has 1 aliphatic heterocycles. The first kappa shape index (κ1) is 11.0. The SMILES string of the molecule is COc1ccc(C#CCN2CCCC2)cc1. The van der Waals surface area contributed by atoms with Gasteiger partial charge in [0, 0.05) is 5.56 Å². The summed E-state index contributed by atoms with van der Waals surface area (Å²) in [6.07, 6.45) is 2.65. The van der Waals surface area contributed by atoms with Crippen molar-refractivity contribution in [2.75, 3.05) is 26.7 Å². The summed E-state index contributed by atoms with van der Waals surface area (Å²) in [4.78, 5) is 2.40. The van der Waals surface area contributed by atoms with Crippen molar-refractivity contribution < 1.29 is 4.74 Å². The second-order valence-electron chi connectivity index (χ2n) is 4.01. The van der Waals surface area contributed by atoms with Gasteiger partial charge in [0.25, 0.3) is 0 Å². The highest BCUT2D eigenvalue weighted by Gasteiger charge is 2.08. The van der Waals surface area contributed by atoms with Crippen molar-refractivity contribution in [3.8, 4) is 17.6 Å². The molecule has 0 spiro atoms. The third kappa shape index (κ3) is 3.01. The Hall–Kier alpha value is -1.46. The molecular formula is C14H17NO. The van der Waals surface area contributed by atoms with Crippen LogP contribution < -0.4 is 4.74 Å². The van der Waals surface area contributed by atoms with E-state index in [1.165, 1.54) is 25.9 Å². The summed E-state index contributed by atoms with van der Waals surface area (Å²) < 4.78 is 5.10. The largest absolute Gasteiger partial charge is 0.497 e. The Morgan fingerprint density at radius 1 is 1.19 bits per heavy atom. The Bertz CT molecular complexity index is 379. The molecule has 0 bridgehead atoms. The van der Waals surface area contributed by atoms with Gasteiger partial charge in [0.15, 0.2) is 0 Å². The number of ether oxygens (including phenoxy) is 1. The van der Waals surface area contributed by atoms with Crippen LogP contribution >= 0.6 is 0 Å². The fourth-order valence-corrected chi connectivity index (χ4v) is 1.87. The Morgan fingerprint density at radius 3 is 2.50 bits per heavy atom. The third-order valence-corrected chi connectivity index (χ3v) is 2.82. The second kappa shape index (κ2) is 5.58. The van der Waals surface area contributed by atoms with Crippen LogP contribution in [0.1, 0.15) is 18.4 Å². The topological polar surface area (TPSA) is 12.5 Å². The van der Waals surface area contributed by atoms with E-state index in [9.17, 15) is 0 Å². The van der Waals surface area contributed by atoms with Crippen molar-refractivity contribution in [3.63, 3.8) is 0 Å². The van der Waals surface area contributed by atoms with Crippen molar-refractivity contribution in [1.29, 1.82) is 0 Å². The highest BCUT2D eigenvalue weighted by atomic mass is 16.5. The Kier molecular flexibility index (Phi) is 3.85. The first-order valence-corrected chi connectivity index (χ1v) is 5.74. The summed E-state index contributed by atoms with van der Waals surface area (Å²) in [5, 5.41) is 0. The minimum Gasteiger partial charge on any atom is -0.497 e. The van der Waals surface area contributed by atoms with Crippen LogP contribution in [0.2, 0.25) is 0 Å². The highest BCUT2D eigenvalue weighted by Crippen LogP contribution is 2.10. The molecule has 1 heterocycles. The Morgan fingerprint density at radius 2 is 1.88 bits per heavy atom.